The summed E-state index contributed by atoms with van der Waals surface area (Å²) in [6, 6.07) is 5.89. The molecule has 0 saturated heterocycles. The van der Waals surface area contributed by atoms with Crippen molar-refractivity contribution in [3.05, 3.63) is 34.3 Å². The molecule has 4 nitrogen and oxygen atoms in total. The van der Waals surface area contributed by atoms with Crippen LogP contribution < -0.4 is 10.0 Å². The molecule has 0 bridgehead atoms. The van der Waals surface area contributed by atoms with Crippen molar-refractivity contribution in [2.45, 2.75) is 32.9 Å². The van der Waals surface area contributed by atoms with Gasteiger partial charge in [0.25, 0.3) is 0 Å². The van der Waals surface area contributed by atoms with E-state index in [-0.39, 0.29) is 0 Å². The Morgan fingerprint density at radius 2 is 1.95 bits per heavy atom. The highest BCUT2D eigenvalue weighted by molar-refractivity contribution is 7.88. The molecule has 2 N–H and O–H groups in total. The van der Waals surface area contributed by atoms with E-state index in [1.165, 1.54) is 0 Å². The Labute approximate surface area is 120 Å². The van der Waals surface area contributed by atoms with Crippen molar-refractivity contribution in [2.75, 3.05) is 12.8 Å². The molecule has 19 heavy (non-hydrogen) atoms. The molecule has 0 spiro atoms. The molecule has 1 aromatic rings. The van der Waals surface area contributed by atoms with Crippen LogP contribution in [0.3, 0.4) is 0 Å². The molecule has 6 heteroatoms. The summed E-state index contributed by atoms with van der Waals surface area (Å²) in [5.74, 6) is 0. The van der Waals surface area contributed by atoms with Crippen LogP contribution in [0.1, 0.15) is 25.0 Å². The second-order valence-corrected chi connectivity index (χ2v) is 7.61. The van der Waals surface area contributed by atoms with Crippen LogP contribution in [0.25, 0.3) is 0 Å². The first-order valence-corrected chi connectivity index (χ1v) is 8.31. The minimum Gasteiger partial charge on any atom is -0.311 e. The van der Waals surface area contributed by atoms with E-state index in [0.29, 0.717) is 13.1 Å². The van der Waals surface area contributed by atoms with E-state index in [9.17, 15) is 8.42 Å². The van der Waals surface area contributed by atoms with Gasteiger partial charge in [-0.1, -0.05) is 23.7 Å². The molecule has 0 aliphatic carbocycles. The van der Waals surface area contributed by atoms with Crippen LogP contribution in [0.2, 0.25) is 5.02 Å². The summed E-state index contributed by atoms with van der Waals surface area (Å²) in [5.41, 5.74) is 1.58. The number of halogens is 1. The van der Waals surface area contributed by atoms with Crippen molar-refractivity contribution >= 4 is 21.6 Å². The second-order valence-electron chi connectivity index (χ2n) is 5.46. The summed E-state index contributed by atoms with van der Waals surface area (Å²) >= 11 is 6.13. The zero-order valence-corrected chi connectivity index (χ0v) is 13.3. The van der Waals surface area contributed by atoms with E-state index >= 15 is 0 Å². The Balaban J connectivity index is 2.54. The molecule has 1 aromatic carbocycles. The van der Waals surface area contributed by atoms with Crippen LogP contribution in [-0.4, -0.2) is 26.8 Å². The number of benzene rings is 1. The van der Waals surface area contributed by atoms with Crippen LogP contribution >= 0.6 is 11.6 Å². The third-order valence-electron chi connectivity index (χ3n) is 2.55. The molecule has 0 unspecified atom stereocenters. The van der Waals surface area contributed by atoms with Crippen LogP contribution in [0, 0.1) is 6.92 Å². The van der Waals surface area contributed by atoms with Crippen LogP contribution in [0.15, 0.2) is 18.2 Å². The molecule has 0 fully saturated rings. The molecule has 0 saturated carbocycles. The average Bonchev–Trinajstić information content (AvgIpc) is 2.17. The quantitative estimate of drug-likeness (QED) is 0.846. The summed E-state index contributed by atoms with van der Waals surface area (Å²) in [7, 11) is -3.21. The molecule has 0 radical (unpaired) electrons. The standard InChI is InChI=1S/C13H21ClN2O2S/c1-10-5-6-11(12(14)7-10)8-15-9-13(2,3)16-19(4,17)18/h5-7,15-16H,8-9H2,1-4H3. The molecule has 0 amide bonds. The first kappa shape index (κ1) is 16.4. The zero-order chi connectivity index (χ0) is 14.7. The molecule has 108 valence electrons. The Hall–Kier alpha value is -0.620. The number of sulfonamides is 1. The van der Waals surface area contributed by atoms with Gasteiger partial charge in [0.2, 0.25) is 10.0 Å². The maximum absolute atomic E-state index is 11.2. The lowest BCUT2D eigenvalue weighted by Gasteiger charge is -2.25. The highest BCUT2D eigenvalue weighted by atomic mass is 35.5. The van der Waals surface area contributed by atoms with Crippen molar-refractivity contribution < 1.29 is 8.42 Å². The van der Waals surface area contributed by atoms with Gasteiger partial charge in [0.1, 0.15) is 0 Å². The minimum absolute atomic E-state index is 0.518. The Morgan fingerprint density at radius 3 is 2.47 bits per heavy atom. The maximum atomic E-state index is 11.2. The van der Waals surface area contributed by atoms with Crippen molar-refractivity contribution in [3.8, 4) is 0 Å². The van der Waals surface area contributed by atoms with Crippen molar-refractivity contribution in [1.29, 1.82) is 0 Å². The maximum Gasteiger partial charge on any atom is 0.209 e. The highest BCUT2D eigenvalue weighted by Crippen LogP contribution is 2.17. The van der Waals surface area contributed by atoms with Crippen LogP contribution in [0.4, 0.5) is 0 Å². The number of aryl methyl sites for hydroxylation is 1. The molecule has 0 atom stereocenters. The van der Waals surface area contributed by atoms with E-state index in [1.807, 2.05) is 39.0 Å². The van der Waals surface area contributed by atoms with Gasteiger partial charge in [0, 0.05) is 23.7 Å². The predicted octanol–water partition coefficient (Wildman–Crippen LogP) is 2.07. The van der Waals surface area contributed by atoms with Gasteiger partial charge in [-0.15, -0.1) is 0 Å². The molecule has 0 aromatic heterocycles. The first-order valence-electron chi connectivity index (χ1n) is 6.04. The van der Waals surface area contributed by atoms with Gasteiger partial charge in [-0.2, -0.15) is 0 Å². The molecule has 0 heterocycles. The lowest BCUT2D eigenvalue weighted by atomic mass is 10.1. The molecule has 1 rings (SSSR count). The van der Waals surface area contributed by atoms with E-state index in [1.54, 1.807) is 0 Å². The van der Waals surface area contributed by atoms with Gasteiger partial charge < -0.3 is 5.32 Å². The van der Waals surface area contributed by atoms with Gasteiger partial charge in [-0.05, 0) is 38.0 Å². The van der Waals surface area contributed by atoms with E-state index in [0.717, 1.165) is 22.4 Å². The summed E-state index contributed by atoms with van der Waals surface area (Å²) in [4.78, 5) is 0. The fourth-order valence-electron chi connectivity index (χ4n) is 1.84. The topological polar surface area (TPSA) is 58.2 Å². The lowest BCUT2D eigenvalue weighted by Crippen LogP contribution is -2.49. The van der Waals surface area contributed by atoms with Gasteiger partial charge in [0.05, 0.1) is 6.26 Å². The number of hydrogen-bond donors (Lipinski definition) is 2. The first-order chi connectivity index (χ1) is 8.59. The van der Waals surface area contributed by atoms with Crippen molar-refractivity contribution in [1.82, 2.24) is 10.0 Å². The van der Waals surface area contributed by atoms with Gasteiger partial charge in [0.15, 0.2) is 0 Å². The molecule has 0 aliphatic rings. The van der Waals surface area contributed by atoms with E-state index in [4.69, 9.17) is 11.6 Å². The number of hydrogen-bond acceptors (Lipinski definition) is 3. The largest absolute Gasteiger partial charge is 0.311 e. The fraction of sp³-hybridized carbons (Fsp3) is 0.538. The highest BCUT2D eigenvalue weighted by Gasteiger charge is 2.21. The fourth-order valence-corrected chi connectivity index (χ4v) is 3.22. The normalized spacial score (nSPS) is 12.7. The summed E-state index contributed by atoms with van der Waals surface area (Å²) in [6.07, 6.45) is 1.16. The zero-order valence-electron chi connectivity index (χ0n) is 11.7. The van der Waals surface area contributed by atoms with Gasteiger partial charge in [-0.25, -0.2) is 13.1 Å². The molecule has 0 aliphatic heterocycles. The van der Waals surface area contributed by atoms with E-state index < -0.39 is 15.6 Å². The minimum atomic E-state index is -3.21. The van der Waals surface area contributed by atoms with Gasteiger partial charge >= 0.3 is 0 Å². The van der Waals surface area contributed by atoms with Crippen molar-refractivity contribution in [2.24, 2.45) is 0 Å². The Kier molecular flexibility index (Phi) is 5.38. The van der Waals surface area contributed by atoms with Crippen LogP contribution in [0.5, 0.6) is 0 Å². The Morgan fingerprint density at radius 1 is 1.32 bits per heavy atom. The monoisotopic (exact) mass is 304 g/mol. The molecular formula is C13H21ClN2O2S. The summed E-state index contributed by atoms with van der Waals surface area (Å²) in [5, 5.41) is 3.94. The summed E-state index contributed by atoms with van der Waals surface area (Å²) in [6.45, 7) is 6.77. The average molecular weight is 305 g/mol. The van der Waals surface area contributed by atoms with Crippen LogP contribution in [-0.2, 0) is 16.6 Å². The van der Waals surface area contributed by atoms with Gasteiger partial charge in [-0.3, -0.25) is 0 Å². The second kappa shape index (κ2) is 6.22. The SMILES string of the molecule is Cc1ccc(CNCC(C)(C)NS(C)(=O)=O)c(Cl)c1. The molecular weight excluding hydrogens is 284 g/mol. The predicted molar refractivity (Wildman–Crippen MR) is 80.0 cm³/mol. The van der Waals surface area contributed by atoms with Crippen molar-refractivity contribution in [3.63, 3.8) is 0 Å². The Bertz CT molecular complexity index is 542. The third kappa shape index (κ3) is 6.38. The lowest BCUT2D eigenvalue weighted by molar-refractivity contribution is 0.421. The number of nitrogens with one attached hydrogen (secondary N) is 2. The third-order valence-corrected chi connectivity index (χ3v) is 3.83. The number of rotatable bonds is 6. The van der Waals surface area contributed by atoms with E-state index in [2.05, 4.69) is 10.0 Å². The smallest absolute Gasteiger partial charge is 0.209 e. The summed E-state index contributed by atoms with van der Waals surface area (Å²) < 4.78 is 25.0.